The molecule has 0 saturated heterocycles. The van der Waals surface area contributed by atoms with E-state index in [1.54, 1.807) is 12.1 Å². The van der Waals surface area contributed by atoms with Gasteiger partial charge < -0.3 is 9.84 Å². The first-order chi connectivity index (χ1) is 13.8. The molecule has 3 heteroatoms. The Morgan fingerprint density at radius 2 is 1.52 bits per heavy atom. The molecule has 1 aliphatic carbocycles. The molecule has 2 nitrogen and oxygen atoms in total. The minimum atomic E-state index is -0.0603. The number of rotatable bonds is 5. The third-order valence-corrected chi connectivity index (χ3v) is 4.06. The Kier molecular flexibility index (Phi) is 9.44. The van der Waals surface area contributed by atoms with Crippen molar-refractivity contribution < 1.29 is 26.9 Å². The van der Waals surface area contributed by atoms with Crippen molar-refractivity contribution in [3.8, 4) is 5.75 Å². The van der Waals surface area contributed by atoms with Gasteiger partial charge >= 0.3 is 17.1 Å². The number of hydrogen-bond donors (Lipinski definition) is 0. The molecule has 0 bridgehead atoms. The zero-order valence-corrected chi connectivity index (χ0v) is 17.0. The van der Waals surface area contributed by atoms with E-state index in [4.69, 9.17) is 4.74 Å². The van der Waals surface area contributed by atoms with Crippen molar-refractivity contribution in [3.05, 3.63) is 138 Å². The Labute approximate surface area is 183 Å². The number of hydrogen-bond acceptors (Lipinski definition) is 2. The van der Waals surface area contributed by atoms with Gasteiger partial charge in [0.1, 0.15) is 12.4 Å². The first kappa shape index (κ1) is 22.2. The van der Waals surface area contributed by atoms with Crippen LogP contribution in [-0.4, -0.2) is 0 Å². The van der Waals surface area contributed by atoms with Crippen LogP contribution in [0.1, 0.15) is 11.1 Å². The predicted octanol–water partition coefficient (Wildman–Crippen LogP) is 5.42. The average molecular weight is 422 g/mol. The Morgan fingerprint density at radius 3 is 2.17 bits per heavy atom. The van der Waals surface area contributed by atoms with Gasteiger partial charge in [-0.15, -0.1) is 0 Å². The molecule has 0 aliphatic heterocycles. The molecule has 0 aromatic heterocycles. The molecule has 4 rings (SSSR count). The zero-order valence-electron chi connectivity index (χ0n) is 15.9. The van der Waals surface area contributed by atoms with E-state index >= 15 is 0 Å². The summed E-state index contributed by atoms with van der Waals surface area (Å²) in [4.78, 5) is 0. The van der Waals surface area contributed by atoms with Crippen LogP contribution in [0.5, 0.6) is 5.75 Å². The third-order valence-electron chi connectivity index (χ3n) is 4.06. The van der Waals surface area contributed by atoms with Gasteiger partial charge in [0.05, 0.1) is 0 Å². The van der Waals surface area contributed by atoms with Crippen molar-refractivity contribution in [2.45, 2.75) is 6.61 Å². The number of allylic oxidation sites excluding steroid dienone is 7. The van der Waals surface area contributed by atoms with Crippen molar-refractivity contribution in [2.75, 3.05) is 0 Å². The first-order valence-electron chi connectivity index (χ1n) is 9.19. The van der Waals surface area contributed by atoms with Gasteiger partial charge in [0.15, 0.2) is 0 Å². The maximum absolute atomic E-state index is 12.4. The SMILES string of the molecule is [Fe+2].[O-]/C(=C\C=C1C=CC=C1)c1ccccc1OCc1ccccc1.c1cc[cH-]c1. The summed E-state index contributed by atoms with van der Waals surface area (Å²) in [5.41, 5.74) is 2.66. The molecule has 29 heavy (non-hydrogen) atoms. The van der Waals surface area contributed by atoms with Crippen LogP contribution in [0.2, 0.25) is 0 Å². The third kappa shape index (κ3) is 7.42. The zero-order chi connectivity index (χ0) is 19.4. The van der Waals surface area contributed by atoms with Crippen LogP contribution in [-0.2, 0) is 23.7 Å². The maximum Gasteiger partial charge on any atom is 2.00 e. The number of ether oxygens (including phenoxy) is 1. The van der Waals surface area contributed by atoms with Crippen LogP contribution >= 0.6 is 0 Å². The molecule has 0 unspecified atom stereocenters. The van der Waals surface area contributed by atoms with Gasteiger partial charge in [-0.25, -0.2) is 12.1 Å². The van der Waals surface area contributed by atoms with Crippen molar-refractivity contribution in [3.63, 3.8) is 0 Å². The standard InChI is InChI=1S/C21H18O2.C5H5.Fe/c22-20(15-14-17-8-4-5-9-17)19-12-6-7-13-21(19)23-16-18-10-2-1-3-11-18;1-2-4-5-3-1;/h1-15,22H,16H2;1-5H;/q;-1;+2/p-1/b20-15-;;. The van der Waals surface area contributed by atoms with E-state index in [0.29, 0.717) is 17.9 Å². The molecular weight excluding hydrogens is 400 g/mol. The van der Waals surface area contributed by atoms with Gasteiger partial charge in [-0.3, -0.25) is 0 Å². The van der Waals surface area contributed by atoms with Gasteiger partial charge in [-0.05, 0) is 17.2 Å². The molecule has 3 aromatic rings. The van der Waals surface area contributed by atoms with Crippen LogP contribution in [0.15, 0.2) is 127 Å². The van der Waals surface area contributed by atoms with Crippen molar-refractivity contribution in [2.24, 2.45) is 0 Å². The van der Waals surface area contributed by atoms with Crippen LogP contribution in [0.25, 0.3) is 5.76 Å². The Hall–Kier alpha value is -3.13. The second kappa shape index (κ2) is 12.4. The first-order valence-corrected chi connectivity index (χ1v) is 9.19. The van der Waals surface area contributed by atoms with Crippen LogP contribution in [0.3, 0.4) is 0 Å². The molecule has 0 N–H and O–H groups in total. The maximum atomic E-state index is 12.4. The fourth-order valence-electron chi connectivity index (χ4n) is 2.61. The molecule has 0 fully saturated rings. The van der Waals surface area contributed by atoms with E-state index in [-0.39, 0.29) is 22.8 Å². The molecular formula is C26H22FeO2. The summed E-state index contributed by atoms with van der Waals surface area (Å²) >= 11 is 0. The minimum Gasteiger partial charge on any atom is -0.872 e. The van der Waals surface area contributed by atoms with Gasteiger partial charge in [0.2, 0.25) is 0 Å². The summed E-state index contributed by atoms with van der Waals surface area (Å²) in [6.45, 7) is 0.442. The molecule has 0 spiro atoms. The molecule has 146 valence electrons. The Bertz CT molecular complexity index is 934. The molecule has 3 aromatic carbocycles. The molecule has 0 atom stereocenters. The topological polar surface area (TPSA) is 32.3 Å². The largest absolute Gasteiger partial charge is 2.00 e. The normalized spacial score (nSPS) is 12.0. The fraction of sp³-hybridized carbons (Fsp3) is 0.0385. The van der Waals surface area contributed by atoms with Crippen molar-refractivity contribution in [1.82, 2.24) is 0 Å². The number of para-hydroxylation sites is 1. The second-order valence-electron chi connectivity index (χ2n) is 6.15. The quantitative estimate of drug-likeness (QED) is 0.312. The summed E-state index contributed by atoms with van der Waals surface area (Å²) in [7, 11) is 0. The molecule has 0 radical (unpaired) electrons. The van der Waals surface area contributed by atoms with Crippen LogP contribution in [0, 0.1) is 0 Å². The van der Waals surface area contributed by atoms with Gasteiger partial charge in [-0.1, -0.05) is 90.7 Å². The molecule has 0 saturated carbocycles. The summed E-state index contributed by atoms with van der Waals surface area (Å²) in [5.74, 6) is 0.545. The predicted molar refractivity (Wildman–Crippen MR) is 114 cm³/mol. The van der Waals surface area contributed by atoms with Gasteiger partial charge in [-0.2, -0.15) is 18.2 Å². The fourth-order valence-corrected chi connectivity index (χ4v) is 2.61. The van der Waals surface area contributed by atoms with E-state index in [1.165, 1.54) is 0 Å². The van der Waals surface area contributed by atoms with Crippen LogP contribution in [0.4, 0.5) is 0 Å². The summed E-state index contributed by atoms with van der Waals surface area (Å²) < 4.78 is 5.83. The minimum absolute atomic E-state index is 0. The van der Waals surface area contributed by atoms with E-state index in [9.17, 15) is 5.11 Å². The summed E-state index contributed by atoms with van der Waals surface area (Å²) in [5, 5.41) is 12.4. The van der Waals surface area contributed by atoms with Crippen molar-refractivity contribution in [1.29, 1.82) is 0 Å². The molecule has 1 aliphatic rings. The monoisotopic (exact) mass is 422 g/mol. The molecule has 0 amide bonds. The summed E-state index contributed by atoms with van der Waals surface area (Å²) in [6, 6.07) is 27.2. The van der Waals surface area contributed by atoms with E-state index in [2.05, 4.69) is 0 Å². The smallest absolute Gasteiger partial charge is 0.872 e. The molecule has 0 heterocycles. The van der Waals surface area contributed by atoms with E-state index in [1.807, 2.05) is 109 Å². The second-order valence-corrected chi connectivity index (χ2v) is 6.15. The van der Waals surface area contributed by atoms with Gasteiger partial charge in [0, 0.05) is 5.56 Å². The van der Waals surface area contributed by atoms with Crippen molar-refractivity contribution >= 4 is 5.76 Å². The van der Waals surface area contributed by atoms with E-state index < -0.39 is 0 Å². The van der Waals surface area contributed by atoms with E-state index in [0.717, 1.165) is 11.1 Å². The van der Waals surface area contributed by atoms with Gasteiger partial charge in [0.25, 0.3) is 0 Å². The van der Waals surface area contributed by atoms with Crippen LogP contribution < -0.4 is 9.84 Å². The Balaban J connectivity index is 0.000000437. The average Bonchev–Trinajstić information content (AvgIpc) is 3.48. The Morgan fingerprint density at radius 1 is 0.862 bits per heavy atom. The summed E-state index contributed by atoms with van der Waals surface area (Å²) in [6.07, 6.45) is 11.2. The number of benzene rings is 2.